The lowest BCUT2D eigenvalue weighted by molar-refractivity contribution is -0.172. The van der Waals surface area contributed by atoms with Crippen molar-refractivity contribution >= 4 is 58.8 Å². The third kappa shape index (κ3) is 17.1. The van der Waals surface area contributed by atoms with E-state index in [2.05, 4.69) is 41.3 Å². The third-order valence-electron chi connectivity index (χ3n) is 9.72. The molecule has 374 valence electrons. The highest BCUT2D eigenvalue weighted by molar-refractivity contribution is 7.98. The molecule has 4 aromatic carbocycles. The number of anilines is 2. The second kappa shape index (κ2) is 28.5. The Bertz CT molecular complexity index is 2580. The second-order valence-corrected chi connectivity index (χ2v) is 17.7. The maximum atomic E-state index is 13.0. The van der Waals surface area contributed by atoms with E-state index in [9.17, 15) is 20.1 Å². The summed E-state index contributed by atoms with van der Waals surface area (Å²) in [6.07, 6.45) is 3.40. The molecular weight excluding hydrogens is 965 g/mol. The Morgan fingerprint density at radius 2 is 0.958 bits per heavy atom. The van der Waals surface area contributed by atoms with Crippen LogP contribution in [0, 0.1) is 22.9 Å². The molecule has 0 fully saturated rings. The summed E-state index contributed by atoms with van der Waals surface area (Å²) in [6, 6.07) is 33.1. The fraction of sp³-hybridized carbons (Fsp3) is 0.292. The van der Waals surface area contributed by atoms with Gasteiger partial charge >= 0.3 is 11.9 Å². The van der Waals surface area contributed by atoms with Gasteiger partial charge in [-0.3, -0.25) is 0 Å². The summed E-state index contributed by atoms with van der Waals surface area (Å²) in [6.45, 7) is 2.54. The molecule has 22 nitrogen and oxygen atoms in total. The third-order valence-corrected chi connectivity index (χ3v) is 11.5. The van der Waals surface area contributed by atoms with E-state index in [4.69, 9.17) is 28.0 Å². The monoisotopic (exact) mass is 1020 g/mol. The number of hydroxylamine groups is 2. The molecular formula is C48H52N14O8S2. The molecule has 0 aliphatic rings. The Morgan fingerprint density at radius 1 is 0.569 bits per heavy atom. The Hall–Kier alpha value is -8.16. The number of likely N-dealkylation sites (N-methyl/N-ethyl adjacent to an activating group) is 2. The van der Waals surface area contributed by atoms with Gasteiger partial charge < -0.3 is 47.6 Å². The maximum Gasteiger partial charge on any atom is 0.443 e. The molecule has 2 heterocycles. The van der Waals surface area contributed by atoms with E-state index in [1.165, 1.54) is 0 Å². The number of guanidine groups is 2. The summed E-state index contributed by atoms with van der Waals surface area (Å²) < 4.78 is 23.3. The predicted octanol–water partition coefficient (Wildman–Crippen LogP) is 5.62. The number of para-hydroxylation sites is 2. The molecule has 72 heavy (non-hydrogen) atoms. The van der Waals surface area contributed by atoms with Gasteiger partial charge in [0, 0.05) is 60.2 Å². The van der Waals surface area contributed by atoms with E-state index >= 15 is 0 Å². The molecule has 0 spiro atoms. The molecule has 0 radical (unpaired) electrons. The smallest absolute Gasteiger partial charge is 0.443 e. The van der Waals surface area contributed by atoms with E-state index in [1.807, 2.05) is 98.7 Å². The number of hydrogen-bond acceptors (Lipinski definition) is 20. The number of hydrogen-bond donors (Lipinski definition) is 2. The Balaban J connectivity index is 1.03. The number of nitrogens with zero attached hydrogens (tertiary/aromatic N) is 12. The predicted molar refractivity (Wildman–Crippen MR) is 272 cm³/mol. The van der Waals surface area contributed by atoms with Crippen LogP contribution < -0.4 is 30.2 Å². The van der Waals surface area contributed by atoms with Crippen LogP contribution in [0.4, 0.5) is 11.4 Å². The standard InChI is InChI=1S/C48H52N14O8S2/c1-59(2)23-25-61(37-19-15-35(16-20-37)43-55-53-41(67-43)31-71-29-27-65-39-11-7-5-8-12-39)47(51-33-49)57-69-45(63)46(64)70-58-48(52-34-50)62(26-24-60(3)4)38-21-17-36(18-22-38)44-56-54-42(68-44)32-72-30-28-66-40-13-9-6-10-14-40/h5-22H,23-32H2,1-4H3,(H,51,57)(H,52,58). The fourth-order valence-corrected chi connectivity index (χ4v) is 7.44. The number of nitrogens with one attached hydrogen (secondary N) is 2. The first kappa shape index (κ1) is 53.2. The van der Waals surface area contributed by atoms with E-state index in [0.29, 0.717) is 83.9 Å². The first-order valence-electron chi connectivity index (χ1n) is 22.2. The van der Waals surface area contributed by atoms with Gasteiger partial charge in [-0.25, -0.2) is 9.59 Å². The lowest BCUT2D eigenvalue weighted by Gasteiger charge is -2.27. The molecule has 6 aromatic rings. The molecule has 0 amide bonds. The summed E-state index contributed by atoms with van der Waals surface area (Å²) in [5.41, 5.74) is 7.01. The molecule has 0 bridgehead atoms. The van der Waals surface area contributed by atoms with Gasteiger partial charge in [0.05, 0.1) is 24.7 Å². The lowest BCUT2D eigenvalue weighted by atomic mass is 10.2. The lowest BCUT2D eigenvalue weighted by Crippen LogP contribution is -2.47. The number of carbonyl (C=O) groups excluding carboxylic acids is 2. The molecule has 0 unspecified atom stereocenters. The summed E-state index contributed by atoms with van der Waals surface area (Å²) >= 11 is 3.20. The molecule has 24 heteroatoms. The van der Waals surface area contributed by atoms with Crippen molar-refractivity contribution < 1.29 is 37.6 Å². The number of carbonyl (C=O) groups is 2. The van der Waals surface area contributed by atoms with Gasteiger partial charge in [0.25, 0.3) is 0 Å². The first-order valence-corrected chi connectivity index (χ1v) is 24.5. The number of nitriles is 2. The normalized spacial score (nSPS) is 11.4. The SMILES string of the molecule is CN(C)CCN(C(=NC#N)NOC(=O)C(=O)ONC(=NC#N)N(CCN(C)C)c1ccc(-c2nnc(CSCCOc3ccccc3)o2)cc1)c1ccc(-c2nnc(CSCCOc3ccccc3)o2)cc1. The summed E-state index contributed by atoms with van der Waals surface area (Å²) in [5.74, 6) is 2.17. The number of aromatic nitrogens is 4. The molecule has 0 saturated heterocycles. The van der Waals surface area contributed by atoms with Gasteiger partial charge in [-0.2, -0.15) is 21.5 Å². The van der Waals surface area contributed by atoms with E-state index in [0.717, 1.165) is 23.0 Å². The molecule has 0 aliphatic heterocycles. The Morgan fingerprint density at radius 3 is 1.32 bits per heavy atom. The number of aliphatic imine (C=N–C) groups is 2. The second-order valence-electron chi connectivity index (χ2n) is 15.5. The molecule has 0 saturated carbocycles. The minimum absolute atomic E-state index is 0.208. The van der Waals surface area contributed by atoms with Crippen molar-refractivity contribution in [3.05, 3.63) is 121 Å². The van der Waals surface area contributed by atoms with Crippen molar-refractivity contribution in [2.24, 2.45) is 9.98 Å². The van der Waals surface area contributed by atoms with Gasteiger partial charge in [-0.05, 0) is 101 Å². The molecule has 6 rings (SSSR count). The van der Waals surface area contributed by atoms with Crippen molar-refractivity contribution in [1.82, 2.24) is 41.2 Å². The van der Waals surface area contributed by atoms with Crippen LogP contribution in [0.2, 0.25) is 0 Å². The maximum absolute atomic E-state index is 13.0. The average molecular weight is 1020 g/mol. The number of rotatable bonds is 22. The van der Waals surface area contributed by atoms with Crippen molar-refractivity contribution in [2.75, 3.05) is 88.9 Å². The highest BCUT2D eigenvalue weighted by Crippen LogP contribution is 2.26. The van der Waals surface area contributed by atoms with Crippen LogP contribution in [-0.2, 0) is 30.8 Å². The Kier molecular flexibility index (Phi) is 21.1. The zero-order valence-electron chi connectivity index (χ0n) is 39.9. The minimum Gasteiger partial charge on any atom is -0.493 e. The van der Waals surface area contributed by atoms with Crippen molar-refractivity contribution in [1.29, 1.82) is 10.5 Å². The van der Waals surface area contributed by atoms with Crippen LogP contribution in [0.15, 0.2) is 128 Å². The number of ether oxygens (including phenoxy) is 2. The van der Waals surface area contributed by atoms with Crippen molar-refractivity contribution in [3.8, 4) is 46.8 Å². The Labute approximate surface area is 424 Å². The van der Waals surface area contributed by atoms with Crippen molar-refractivity contribution in [3.63, 3.8) is 0 Å². The van der Waals surface area contributed by atoms with Crippen LogP contribution in [-0.4, -0.2) is 133 Å². The van der Waals surface area contributed by atoms with Crippen LogP contribution in [0.1, 0.15) is 11.8 Å². The van der Waals surface area contributed by atoms with Gasteiger partial charge in [-0.1, -0.05) is 36.4 Å². The molecule has 2 aromatic heterocycles. The minimum atomic E-state index is -1.51. The highest BCUT2D eigenvalue weighted by Gasteiger charge is 2.25. The van der Waals surface area contributed by atoms with Gasteiger partial charge in [0.1, 0.15) is 11.5 Å². The fourth-order valence-electron chi connectivity index (χ4n) is 6.17. The largest absolute Gasteiger partial charge is 0.493 e. The molecule has 0 atom stereocenters. The van der Waals surface area contributed by atoms with E-state index < -0.39 is 11.9 Å². The zero-order valence-corrected chi connectivity index (χ0v) is 41.5. The summed E-state index contributed by atoms with van der Waals surface area (Å²) in [5, 5.41) is 36.0. The van der Waals surface area contributed by atoms with Crippen LogP contribution in [0.25, 0.3) is 22.9 Å². The summed E-state index contributed by atoms with van der Waals surface area (Å²) in [4.78, 5) is 50.8. The van der Waals surface area contributed by atoms with Crippen molar-refractivity contribution in [2.45, 2.75) is 11.5 Å². The van der Waals surface area contributed by atoms with Gasteiger partial charge in [0.2, 0.25) is 47.9 Å². The number of thioether (sulfide) groups is 2. The molecule has 2 N–H and O–H groups in total. The van der Waals surface area contributed by atoms with Crippen LogP contribution >= 0.6 is 23.5 Å². The molecule has 0 aliphatic carbocycles. The average Bonchev–Trinajstić information content (AvgIpc) is 4.08. The quantitative estimate of drug-likeness (QED) is 0.0209. The zero-order chi connectivity index (χ0) is 50.9. The van der Waals surface area contributed by atoms with E-state index in [-0.39, 0.29) is 25.0 Å². The van der Waals surface area contributed by atoms with Crippen LogP contribution in [0.3, 0.4) is 0 Å². The van der Waals surface area contributed by atoms with Gasteiger partial charge in [-0.15, -0.1) is 53.9 Å². The topological polar surface area (TPSA) is 258 Å². The summed E-state index contributed by atoms with van der Waals surface area (Å²) in [7, 11) is 7.44. The number of benzene rings is 4. The van der Waals surface area contributed by atoms with Gasteiger partial charge in [0.15, 0.2) is 0 Å². The first-order chi connectivity index (χ1) is 35.1. The van der Waals surface area contributed by atoms with Crippen LogP contribution in [0.5, 0.6) is 11.5 Å². The highest BCUT2D eigenvalue weighted by atomic mass is 32.2. The van der Waals surface area contributed by atoms with E-state index in [1.54, 1.807) is 94.2 Å².